The fourth-order valence-corrected chi connectivity index (χ4v) is 15.6. The molecule has 0 aliphatic carbocycles. The molecule has 5 heterocycles. The molecule has 0 aliphatic heterocycles. The molecule has 10 aromatic carbocycles. The molecule has 0 unspecified atom stereocenters. The second-order valence-electron chi connectivity index (χ2n) is 30.1. The number of aromatic nitrogens is 5. The number of benzene rings is 10. The normalized spacial score (nSPS) is 11.3. The zero-order valence-corrected chi connectivity index (χ0v) is 75.7. The van der Waals surface area contributed by atoms with Crippen LogP contribution < -0.4 is 18.9 Å². The number of ketones is 4. The number of hydrogen-bond acceptors (Lipinski definition) is 15. The summed E-state index contributed by atoms with van der Waals surface area (Å²) in [6.07, 6.45) is -4.41. The first kappa shape index (κ1) is 99.2. The molecule has 0 saturated heterocycles. The molecule has 15 rings (SSSR count). The highest BCUT2D eigenvalue weighted by molar-refractivity contribution is 7.89. The molecular weight excluding hydrogens is 1850 g/mol. The molecule has 0 saturated carbocycles. The highest BCUT2D eigenvalue weighted by Crippen LogP contribution is 2.44. The Morgan fingerprint density at radius 2 is 0.598 bits per heavy atom. The van der Waals surface area contributed by atoms with E-state index in [0.29, 0.717) is 86.2 Å². The first-order valence-corrected chi connectivity index (χ1v) is 43.5. The predicted octanol–water partition coefficient (Wildman–Crippen LogP) is 22.2. The van der Waals surface area contributed by atoms with Gasteiger partial charge in [-0.2, -0.15) is 26.3 Å². The SMILES string of the molecule is CC(=O)CCc1c(C(F)(F)F)c2cc(F)ccc2n1C(=O)c1ccc(Cl)cc1.CC(=O)Cc1cn(C(=O)c2ccc(Cl)cc2)c2ccc(F)cc12.COc1ccc2c(c1)c(C(F)(F)F)c(CCC(C)=O)n2C(=O)c1ccc(Cl)cc1.COc1ccc2c(c1)c(CC(=O)NS(C)(=O)=O)cn2C(=O)c1ccc(Cl)cc1.COc1ccc2c(c1)c(CC(C)=O)cn2C(=O)c1ccc(Cl)cc1. The summed E-state index contributed by atoms with van der Waals surface area (Å²) in [7, 11) is 0.764. The van der Waals surface area contributed by atoms with Gasteiger partial charge < -0.3 is 23.8 Å². The van der Waals surface area contributed by atoms with Crippen LogP contribution in [-0.2, 0) is 78.5 Å². The topological polar surface area (TPSA) is 269 Å². The lowest BCUT2D eigenvalue weighted by Gasteiger charge is -2.12. The van der Waals surface area contributed by atoms with Crippen molar-refractivity contribution in [1.29, 1.82) is 0 Å². The lowest BCUT2D eigenvalue weighted by Crippen LogP contribution is -2.30. The maximum absolute atomic E-state index is 14.0. The van der Waals surface area contributed by atoms with E-state index in [0.717, 1.165) is 50.1 Å². The molecule has 682 valence electrons. The van der Waals surface area contributed by atoms with Gasteiger partial charge in [0.25, 0.3) is 29.5 Å². The Bertz CT molecular complexity index is 7130. The van der Waals surface area contributed by atoms with Gasteiger partial charge in [0.1, 0.15) is 52.0 Å². The minimum atomic E-state index is -4.83. The van der Waals surface area contributed by atoms with Crippen molar-refractivity contribution in [3.63, 3.8) is 0 Å². The second kappa shape index (κ2) is 42.2. The third-order valence-corrected chi connectivity index (χ3v) is 22.2. The van der Waals surface area contributed by atoms with Crippen LogP contribution in [-0.4, -0.2) is 117 Å². The molecule has 1 amide bonds. The molecule has 0 spiro atoms. The Labute approximate surface area is 773 Å². The minimum absolute atomic E-state index is 0.0378. The molecule has 132 heavy (non-hydrogen) atoms. The third-order valence-electron chi connectivity index (χ3n) is 20.4. The summed E-state index contributed by atoms with van der Waals surface area (Å²) in [6.45, 7) is 5.54. The van der Waals surface area contributed by atoms with Gasteiger partial charge in [0.15, 0.2) is 0 Å². The largest absolute Gasteiger partial charge is 0.497 e. The van der Waals surface area contributed by atoms with Crippen molar-refractivity contribution in [2.24, 2.45) is 0 Å². The van der Waals surface area contributed by atoms with E-state index in [-0.39, 0.29) is 130 Å². The van der Waals surface area contributed by atoms with Crippen LogP contribution in [0.3, 0.4) is 0 Å². The number of carbonyl (C=O) groups excluding carboxylic acids is 10. The maximum Gasteiger partial charge on any atom is 0.418 e. The van der Waals surface area contributed by atoms with Gasteiger partial charge in [-0.15, -0.1) is 0 Å². The van der Waals surface area contributed by atoms with Gasteiger partial charge in [0.05, 0.1) is 72.7 Å². The first-order valence-electron chi connectivity index (χ1n) is 39.7. The highest BCUT2D eigenvalue weighted by atomic mass is 35.5. The van der Waals surface area contributed by atoms with E-state index in [1.807, 2.05) is 16.9 Å². The number of nitrogens with one attached hydrogen (secondary N) is 1. The zero-order valence-electron chi connectivity index (χ0n) is 71.1. The van der Waals surface area contributed by atoms with Crippen LogP contribution in [0.15, 0.2) is 231 Å². The maximum atomic E-state index is 14.0. The first-order chi connectivity index (χ1) is 62.3. The fourth-order valence-electron chi connectivity index (χ4n) is 14.5. The number of hydrogen-bond donors (Lipinski definition) is 1. The standard InChI is InChI=1S/C21H17ClF3NO3.C20H14ClF4NO2.C19H17ClN2O5S.C19H16ClNO3.C18H13ClFNO2/c1-12(27)3-9-18-19(21(23,24)25)16-11-15(29-2)8-10-17(16)26(18)20(28)13-4-6-14(22)7-5-13;1-11(27)2-8-17-18(20(23,24)25)15-10-14(22)7-9-16(15)26(17)19(28)12-3-5-13(21)6-4-12;1-27-15-7-8-17-16(10-15)13(9-18(23)21-28(2,25)26)11-22(17)19(24)12-3-5-14(20)6-4-12;1-12(22)9-14-11-21(18-8-7-16(24-2)10-17(14)18)19(23)13-3-5-15(20)6-4-13;1-11(22)8-13-10-21(17-7-6-15(20)9-16(13)17)18(23)12-2-4-14(19)5-3-12/h4-8,10-11H,3,9H2,1-2H3;3-7,9-10H,2,8H2,1H3;3-8,10-11H,9H2,1-2H3,(H,21,23);3-8,10-11H,9H2,1-2H3;2-7,9-10H,8H2,1H3. The monoisotopic (exact) mass is 1920 g/mol. The number of methoxy groups -OCH3 is 3. The molecular formula is C97H77Cl5F8N6O15S. The van der Waals surface area contributed by atoms with Crippen molar-refractivity contribution < 1.29 is 106 Å². The molecule has 0 atom stereocenters. The summed E-state index contributed by atoms with van der Waals surface area (Å²) >= 11 is 29.3. The quantitative estimate of drug-likeness (QED) is 0.0655. The van der Waals surface area contributed by atoms with Crippen LogP contribution in [0.1, 0.15) is 132 Å². The van der Waals surface area contributed by atoms with E-state index in [9.17, 15) is 91.5 Å². The van der Waals surface area contributed by atoms with Gasteiger partial charge in [-0.25, -0.2) is 17.2 Å². The number of halogens is 13. The van der Waals surface area contributed by atoms with Crippen LogP contribution >= 0.6 is 58.0 Å². The number of Topliss-reactive ketones (excluding diaryl/α,β-unsaturated/α-hetero) is 4. The van der Waals surface area contributed by atoms with Crippen molar-refractivity contribution in [3.8, 4) is 17.2 Å². The molecule has 0 bridgehead atoms. The van der Waals surface area contributed by atoms with Gasteiger partial charge in [0, 0.05) is 136 Å². The summed E-state index contributed by atoms with van der Waals surface area (Å²) in [6, 6.07) is 53.0. The van der Waals surface area contributed by atoms with Crippen molar-refractivity contribution in [2.75, 3.05) is 27.6 Å². The van der Waals surface area contributed by atoms with Crippen LogP contribution in [0.25, 0.3) is 54.5 Å². The molecule has 0 radical (unpaired) electrons. The molecule has 1 N–H and O–H groups in total. The van der Waals surface area contributed by atoms with E-state index in [1.165, 1.54) is 136 Å². The summed E-state index contributed by atoms with van der Waals surface area (Å²) in [4.78, 5) is 123. The number of ether oxygens (including phenoxy) is 3. The lowest BCUT2D eigenvalue weighted by molar-refractivity contribution is -0.137. The fraction of sp³-hybridized carbons (Fsp3) is 0.175. The number of nitrogens with zero attached hydrogens (tertiary/aromatic N) is 5. The van der Waals surface area contributed by atoms with E-state index in [4.69, 9.17) is 72.2 Å². The number of amides is 1. The van der Waals surface area contributed by atoms with Crippen LogP contribution in [0, 0.1) is 11.6 Å². The Morgan fingerprint density at radius 1 is 0.341 bits per heavy atom. The number of alkyl halides is 6. The Hall–Kier alpha value is -13.4. The van der Waals surface area contributed by atoms with Gasteiger partial charge in [-0.1, -0.05) is 58.0 Å². The summed E-state index contributed by atoms with van der Waals surface area (Å²) < 4.78 is 157. The molecule has 21 nitrogen and oxygen atoms in total. The minimum Gasteiger partial charge on any atom is -0.497 e. The number of rotatable bonds is 21. The van der Waals surface area contributed by atoms with Gasteiger partial charge in [-0.3, -0.25) is 65.9 Å². The Kier molecular flexibility index (Phi) is 31.8. The van der Waals surface area contributed by atoms with Gasteiger partial charge >= 0.3 is 12.4 Å². The summed E-state index contributed by atoms with van der Waals surface area (Å²) in [5.74, 6) is -3.17. The Morgan fingerprint density at radius 3 is 0.886 bits per heavy atom. The molecule has 5 aromatic heterocycles. The number of fused-ring (bicyclic) bond motifs is 5. The molecule has 0 fully saturated rings. The highest BCUT2D eigenvalue weighted by Gasteiger charge is 2.42. The van der Waals surface area contributed by atoms with Gasteiger partial charge in [-0.05, 0) is 270 Å². The molecule has 0 aliphatic rings. The second-order valence-corrected chi connectivity index (χ2v) is 34.0. The number of carbonyl (C=O) groups is 10. The van der Waals surface area contributed by atoms with E-state index in [2.05, 4.69) is 0 Å². The number of sulfonamides is 1. The van der Waals surface area contributed by atoms with Crippen LogP contribution in [0.4, 0.5) is 35.1 Å². The average molecular weight is 1930 g/mol. The summed E-state index contributed by atoms with van der Waals surface area (Å²) in [5.41, 5.74) is 2.88. The lowest BCUT2D eigenvalue weighted by atomic mass is 10.1. The van der Waals surface area contributed by atoms with E-state index < -0.39 is 68.2 Å². The predicted molar refractivity (Wildman–Crippen MR) is 489 cm³/mol. The van der Waals surface area contributed by atoms with Crippen molar-refractivity contribution >= 4 is 181 Å². The average Bonchev–Trinajstić information content (AvgIpc) is 1.59. The third kappa shape index (κ3) is 24.1. The van der Waals surface area contributed by atoms with Gasteiger partial charge in [0.2, 0.25) is 15.9 Å². The van der Waals surface area contributed by atoms with Crippen molar-refractivity contribution in [1.82, 2.24) is 27.6 Å². The van der Waals surface area contributed by atoms with Crippen molar-refractivity contribution in [2.45, 2.75) is 85.0 Å². The summed E-state index contributed by atoms with van der Waals surface area (Å²) in [5, 5.41) is 3.84. The van der Waals surface area contributed by atoms with Crippen LogP contribution in [0.2, 0.25) is 25.1 Å². The van der Waals surface area contributed by atoms with E-state index >= 15 is 0 Å². The van der Waals surface area contributed by atoms with Crippen molar-refractivity contribution in [3.05, 3.63) is 335 Å². The Balaban J connectivity index is 0.000000160. The van der Waals surface area contributed by atoms with E-state index in [1.54, 1.807) is 127 Å². The molecule has 35 heteroatoms. The zero-order chi connectivity index (χ0) is 96.3. The van der Waals surface area contributed by atoms with Crippen LogP contribution in [0.5, 0.6) is 17.2 Å². The smallest absolute Gasteiger partial charge is 0.418 e. The molecule has 15 aromatic rings.